The van der Waals surface area contributed by atoms with Gasteiger partial charge in [0, 0.05) is 16.7 Å². The van der Waals surface area contributed by atoms with Gasteiger partial charge in [-0.05, 0) is 43.5 Å². The molecule has 0 unspecified atom stereocenters. The fraction of sp³-hybridized carbons (Fsp3) is 0.214. The Morgan fingerprint density at radius 2 is 1.76 bits per heavy atom. The Hall–Kier alpha value is -3.92. The summed E-state index contributed by atoms with van der Waals surface area (Å²) in [5, 5.41) is 19.5. The van der Waals surface area contributed by atoms with Gasteiger partial charge in [-0.15, -0.1) is 0 Å². The molecular weight excluding hydrogens is 424 g/mol. The molecule has 1 aromatic heterocycles. The van der Waals surface area contributed by atoms with E-state index < -0.39 is 11.1 Å². The van der Waals surface area contributed by atoms with Crippen LogP contribution in [0.15, 0.2) is 72.8 Å². The molecule has 0 bridgehead atoms. The number of nitrogens with zero attached hydrogens (tertiary/aromatic N) is 3. The number of nitriles is 1. The van der Waals surface area contributed by atoms with E-state index in [1.54, 1.807) is 12.1 Å². The van der Waals surface area contributed by atoms with E-state index in [9.17, 15) is 10.4 Å². The molecule has 34 heavy (non-hydrogen) atoms. The number of fused-ring (bicyclic) bond motifs is 3. The minimum Gasteiger partial charge on any atom is -0.472 e. The van der Waals surface area contributed by atoms with Crippen LogP contribution in [0, 0.1) is 11.3 Å². The van der Waals surface area contributed by atoms with E-state index >= 15 is 0 Å². The molecule has 6 nitrogen and oxygen atoms in total. The van der Waals surface area contributed by atoms with Gasteiger partial charge in [0.25, 0.3) is 0 Å². The molecule has 1 aliphatic heterocycles. The van der Waals surface area contributed by atoms with Gasteiger partial charge in [-0.25, -0.2) is 4.98 Å². The predicted molar refractivity (Wildman–Crippen MR) is 130 cm³/mol. The molecule has 0 radical (unpaired) electrons. The van der Waals surface area contributed by atoms with Gasteiger partial charge >= 0.3 is 0 Å². The standard InChI is InChI=1S/C28H24N4O2/c1-27(33)15-28(30,16-27)21-10-8-19(9-11-21)24-25(20-5-3-2-4-6-20)32-17-34-23-13-18(14-29)7-12-22(23)26(32)31-24/h2-13,33H,15-17,30H2,1H3/t27-,28-. The fourth-order valence-corrected chi connectivity index (χ4v) is 5.38. The van der Waals surface area contributed by atoms with Crippen molar-refractivity contribution >= 4 is 0 Å². The Morgan fingerprint density at radius 3 is 2.44 bits per heavy atom. The highest BCUT2D eigenvalue weighted by molar-refractivity contribution is 5.83. The van der Waals surface area contributed by atoms with E-state index in [4.69, 9.17) is 15.5 Å². The number of hydrogen-bond donors (Lipinski definition) is 2. The summed E-state index contributed by atoms with van der Waals surface area (Å²) < 4.78 is 8.12. The van der Waals surface area contributed by atoms with Crippen molar-refractivity contribution < 1.29 is 9.84 Å². The first-order chi connectivity index (χ1) is 16.4. The number of hydrogen-bond acceptors (Lipinski definition) is 5. The summed E-state index contributed by atoms with van der Waals surface area (Å²) in [6.07, 6.45) is 1.10. The molecule has 4 aromatic rings. The SMILES string of the molecule is C[C@]1(O)C[C@@](N)(c2ccc(-c3nc4n(c3-c3ccccc3)COc3cc(C#N)ccc3-4)cc2)C1. The maximum atomic E-state index is 10.2. The third-order valence-electron chi connectivity index (χ3n) is 6.84. The van der Waals surface area contributed by atoms with Crippen LogP contribution in [0.1, 0.15) is 30.9 Å². The van der Waals surface area contributed by atoms with Crippen molar-refractivity contribution in [2.45, 2.75) is 37.6 Å². The van der Waals surface area contributed by atoms with E-state index in [-0.39, 0.29) is 0 Å². The zero-order chi connectivity index (χ0) is 23.5. The fourth-order valence-electron chi connectivity index (χ4n) is 5.38. The van der Waals surface area contributed by atoms with Crippen molar-refractivity contribution in [1.82, 2.24) is 9.55 Å². The van der Waals surface area contributed by atoms with Crippen molar-refractivity contribution in [2.24, 2.45) is 5.73 Å². The third kappa shape index (κ3) is 3.21. The number of benzene rings is 3. The van der Waals surface area contributed by atoms with Crippen LogP contribution in [-0.2, 0) is 12.3 Å². The maximum Gasteiger partial charge on any atom is 0.167 e. The van der Waals surface area contributed by atoms with E-state index in [2.05, 4.69) is 34.9 Å². The van der Waals surface area contributed by atoms with Crippen molar-refractivity contribution in [3.63, 3.8) is 0 Å². The lowest BCUT2D eigenvalue weighted by Crippen LogP contribution is -2.58. The van der Waals surface area contributed by atoms with Crippen LogP contribution in [0.4, 0.5) is 0 Å². The smallest absolute Gasteiger partial charge is 0.167 e. The molecule has 1 fully saturated rings. The summed E-state index contributed by atoms with van der Waals surface area (Å²) >= 11 is 0. The highest BCUT2D eigenvalue weighted by Crippen LogP contribution is 2.47. The molecule has 0 amide bonds. The van der Waals surface area contributed by atoms with Gasteiger partial charge in [0.2, 0.25) is 0 Å². The highest BCUT2D eigenvalue weighted by atomic mass is 16.5. The summed E-state index contributed by atoms with van der Waals surface area (Å²) in [6.45, 7) is 2.14. The molecule has 1 saturated carbocycles. The Morgan fingerprint density at radius 1 is 1.03 bits per heavy atom. The summed E-state index contributed by atoms with van der Waals surface area (Å²) in [7, 11) is 0. The second-order valence-electron chi connectivity index (χ2n) is 9.61. The van der Waals surface area contributed by atoms with Crippen molar-refractivity contribution in [3.8, 4) is 45.7 Å². The number of aliphatic hydroxyl groups is 1. The normalized spacial score (nSPS) is 22.6. The van der Waals surface area contributed by atoms with Gasteiger partial charge in [0.15, 0.2) is 6.73 Å². The topological polar surface area (TPSA) is 97.1 Å². The summed E-state index contributed by atoms with van der Waals surface area (Å²) in [5.41, 5.74) is 11.7. The second-order valence-corrected chi connectivity index (χ2v) is 9.61. The molecule has 2 aliphatic rings. The van der Waals surface area contributed by atoms with Crippen molar-refractivity contribution in [2.75, 3.05) is 0 Å². The Balaban J connectivity index is 1.48. The Kier molecular flexibility index (Phi) is 4.43. The zero-order valence-corrected chi connectivity index (χ0v) is 18.8. The maximum absolute atomic E-state index is 10.2. The van der Waals surface area contributed by atoms with Crippen molar-refractivity contribution in [3.05, 3.63) is 83.9 Å². The van der Waals surface area contributed by atoms with E-state index in [0.717, 1.165) is 39.5 Å². The Bertz CT molecular complexity index is 1440. The summed E-state index contributed by atoms with van der Waals surface area (Å²) in [5.74, 6) is 1.48. The van der Waals surface area contributed by atoms with Crippen LogP contribution < -0.4 is 10.5 Å². The lowest BCUT2D eigenvalue weighted by Gasteiger charge is -2.49. The molecule has 3 aromatic carbocycles. The van der Waals surface area contributed by atoms with Gasteiger partial charge in [-0.1, -0.05) is 54.6 Å². The first-order valence-corrected chi connectivity index (χ1v) is 11.3. The van der Waals surface area contributed by atoms with Crippen LogP contribution in [-0.4, -0.2) is 20.3 Å². The van der Waals surface area contributed by atoms with Gasteiger partial charge in [-0.2, -0.15) is 5.26 Å². The van der Waals surface area contributed by atoms with Crippen LogP contribution in [0.25, 0.3) is 33.9 Å². The molecule has 1 aliphatic carbocycles. The number of ether oxygens (including phenoxy) is 1. The second kappa shape index (κ2) is 7.29. The first kappa shape index (κ1) is 20.7. The van der Waals surface area contributed by atoms with Crippen LogP contribution in [0.2, 0.25) is 0 Å². The van der Waals surface area contributed by atoms with E-state index in [1.165, 1.54) is 0 Å². The number of imidazole rings is 1. The molecule has 168 valence electrons. The lowest BCUT2D eigenvalue weighted by atomic mass is 9.63. The molecule has 0 atom stereocenters. The molecule has 0 saturated heterocycles. The van der Waals surface area contributed by atoms with E-state index in [0.29, 0.717) is 30.9 Å². The minimum atomic E-state index is -0.699. The van der Waals surface area contributed by atoms with Gasteiger partial charge in [0.05, 0.1) is 34.2 Å². The monoisotopic (exact) mass is 448 g/mol. The van der Waals surface area contributed by atoms with Gasteiger partial charge < -0.3 is 15.6 Å². The predicted octanol–water partition coefficient (Wildman–Crippen LogP) is 4.80. The summed E-state index contributed by atoms with van der Waals surface area (Å²) in [6, 6.07) is 26.0. The number of nitrogens with two attached hydrogens (primary N) is 1. The lowest BCUT2D eigenvalue weighted by molar-refractivity contribution is -0.0738. The molecule has 3 N–H and O–H groups in total. The molecule has 6 rings (SSSR count). The molecule has 2 heterocycles. The van der Waals surface area contributed by atoms with Gasteiger partial charge in [0.1, 0.15) is 11.6 Å². The van der Waals surface area contributed by atoms with Crippen molar-refractivity contribution in [1.29, 1.82) is 5.26 Å². The molecule has 6 heteroatoms. The molecular formula is C28H24N4O2. The van der Waals surface area contributed by atoms with Crippen LogP contribution >= 0.6 is 0 Å². The number of rotatable bonds is 3. The number of aromatic nitrogens is 2. The van der Waals surface area contributed by atoms with Crippen LogP contribution in [0.5, 0.6) is 5.75 Å². The average molecular weight is 449 g/mol. The van der Waals surface area contributed by atoms with E-state index in [1.807, 2.05) is 43.3 Å². The summed E-state index contributed by atoms with van der Waals surface area (Å²) in [4.78, 5) is 5.07. The zero-order valence-electron chi connectivity index (χ0n) is 18.8. The third-order valence-corrected chi connectivity index (χ3v) is 6.84. The quantitative estimate of drug-likeness (QED) is 0.469. The average Bonchev–Trinajstić information content (AvgIpc) is 3.23. The molecule has 0 spiro atoms. The Labute approximate surface area is 197 Å². The van der Waals surface area contributed by atoms with Gasteiger partial charge in [-0.3, -0.25) is 4.57 Å². The minimum absolute atomic E-state index is 0.313. The highest BCUT2D eigenvalue weighted by Gasteiger charge is 2.49. The largest absolute Gasteiger partial charge is 0.472 e. The van der Waals surface area contributed by atoms with Crippen LogP contribution in [0.3, 0.4) is 0 Å². The first-order valence-electron chi connectivity index (χ1n) is 11.3.